The van der Waals surface area contributed by atoms with Gasteiger partial charge in [-0.2, -0.15) is 0 Å². The molecule has 3 rings (SSSR count). The first-order chi connectivity index (χ1) is 6.93. The summed E-state index contributed by atoms with van der Waals surface area (Å²) in [4.78, 5) is 0. The Morgan fingerprint density at radius 2 is 1.93 bits per heavy atom. The Labute approximate surface area is 85.5 Å². The molecular weight excluding hydrogens is 170 g/mol. The van der Waals surface area contributed by atoms with Crippen LogP contribution in [-0.4, -0.2) is 6.04 Å². The van der Waals surface area contributed by atoms with Crippen molar-refractivity contribution in [1.29, 1.82) is 0 Å². The second-order valence-electron chi connectivity index (χ2n) is 4.66. The molecule has 1 aliphatic heterocycles. The molecule has 1 N–H and O–H groups in total. The summed E-state index contributed by atoms with van der Waals surface area (Å²) >= 11 is 0. The van der Waals surface area contributed by atoms with Gasteiger partial charge in [0.25, 0.3) is 0 Å². The van der Waals surface area contributed by atoms with E-state index in [1.807, 2.05) is 0 Å². The standard InChI is InChI=1S/C13H17N/c1-3-7-12-10(5-1)9-11-6-2-4-8-13(11)14-12/h1,3,5,7,11,13-14H,2,4,6,8-9H2/t11-,13?/m1/s1. The fourth-order valence-electron chi connectivity index (χ4n) is 2.96. The number of para-hydroxylation sites is 1. The lowest BCUT2D eigenvalue weighted by atomic mass is 9.78. The lowest BCUT2D eigenvalue weighted by Gasteiger charge is -2.38. The molecule has 1 saturated carbocycles. The van der Waals surface area contributed by atoms with Gasteiger partial charge in [-0.15, -0.1) is 0 Å². The van der Waals surface area contributed by atoms with Crippen LogP contribution in [0, 0.1) is 5.92 Å². The van der Waals surface area contributed by atoms with Crippen LogP contribution in [-0.2, 0) is 6.42 Å². The van der Waals surface area contributed by atoms with Gasteiger partial charge in [0.05, 0.1) is 0 Å². The topological polar surface area (TPSA) is 12.0 Å². The normalized spacial score (nSPS) is 30.0. The average Bonchev–Trinajstić information content (AvgIpc) is 2.26. The lowest BCUT2D eigenvalue weighted by molar-refractivity contribution is 0.315. The molecule has 2 atom stereocenters. The predicted octanol–water partition coefficient (Wildman–Crippen LogP) is 3.21. The smallest absolute Gasteiger partial charge is 0.0375 e. The van der Waals surface area contributed by atoms with Gasteiger partial charge in [0.15, 0.2) is 0 Å². The SMILES string of the molecule is c1ccc2c(c1)C[C@H]1CCCCC1N2. The largest absolute Gasteiger partial charge is 0.382 e. The molecule has 0 radical (unpaired) electrons. The molecule has 1 aliphatic carbocycles. The predicted molar refractivity (Wildman–Crippen MR) is 59.5 cm³/mol. The molecule has 1 unspecified atom stereocenters. The fourth-order valence-corrected chi connectivity index (χ4v) is 2.96. The molecule has 0 spiro atoms. The van der Waals surface area contributed by atoms with Gasteiger partial charge in [0.1, 0.15) is 0 Å². The molecule has 14 heavy (non-hydrogen) atoms. The van der Waals surface area contributed by atoms with E-state index in [0.717, 1.165) is 12.0 Å². The number of nitrogens with one attached hydrogen (secondary N) is 1. The third-order valence-corrected chi connectivity index (χ3v) is 3.75. The molecule has 1 nitrogen and oxygen atoms in total. The van der Waals surface area contributed by atoms with E-state index < -0.39 is 0 Å². The van der Waals surface area contributed by atoms with Crippen LogP contribution in [0.5, 0.6) is 0 Å². The Hall–Kier alpha value is -0.980. The molecule has 1 fully saturated rings. The van der Waals surface area contributed by atoms with E-state index >= 15 is 0 Å². The Morgan fingerprint density at radius 3 is 2.93 bits per heavy atom. The van der Waals surface area contributed by atoms with E-state index in [2.05, 4.69) is 29.6 Å². The second-order valence-corrected chi connectivity index (χ2v) is 4.66. The van der Waals surface area contributed by atoms with Crippen molar-refractivity contribution in [1.82, 2.24) is 0 Å². The van der Waals surface area contributed by atoms with Crippen molar-refractivity contribution in [2.24, 2.45) is 5.92 Å². The number of fused-ring (bicyclic) bond motifs is 2. The van der Waals surface area contributed by atoms with Crippen molar-refractivity contribution in [2.45, 2.75) is 38.1 Å². The van der Waals surface area contributed by atoms with Crippen LogP contribution in [0.25, 0.3) is 0 Å². The van der Waals surface area contributed by atoms with E-state index in [9.17, 15) is 0 Å². The van der Waals surface area contributed by atoms with Gasteiger partial charge < -0.3 is 5.32 Å². The highest BCUT2D eigenvalue weighted by Crippen LogP contribution is 2.35. The highest BCUT2D eigenvalue weighted by Gasteiger charge is 2.29. The Morgan fingerprint density at radius 1 is 1.07 bits per heavy atom. The summed E-state index contributed by atoms with van der Waals surface area (Å²) in [6.07, 6.45) is 6.94. The van der Waals surface area contributed by atoms with Gasteiger partial charge in [-0.1, -0.05) is 31.0 Å². The van der Waals surface area contributed by atoms with Gasteiger partial charge >= 0.3 is 0 Å². The fraction of sp³-hybridized carbons (Fsp3) is 0.538. The van der Waals surface area contributed by atoms with Crippen LogP contribution in [0.2, 0.25) is 0 Å². The zero-order chi connectivity index (χ0) is 9.38. The molecule has 2 aliphatic rings. The van der Waals surface area contributed by atoms with Crippen molar-refractivity contribution in [3.8, 4) is 0 Å². The van der Waals surface area contributed by atoms with Gasteiger partial charge in [0.2, 0.25) is 0 Å². The maximum atomic E-state index is 3.70. The number of hydrogen-bond acceptors (Lipinski definition) is 1. The lowest BCUT2D eigenvalue weighted by Crippen LogP contribution is -2.37. The Kier molecular flexibility index (Phi) is 1.97. The molecule has 1 aromatic carbocycles. The van der Waals surface area contributed by atoms with Gasteiger partial charge in [0, 0.05) is 11.7 Å². The van der Waals surface area contributed by atoms with Crippen LogP contribution in [0.1, 0.15) is 31.2 Å². The van der Waals surface area contributed by atoms with Crippen LogP contribution >= 0.6 is 0 Å². The minimum Gasteiger partial charge on any atom is -0.382 e. The Balaban J connectivity index is 1.91. The van der Waals surface area contributed by atoms with Crippen molar-refractivity contribution in [3.63, 3.8) is 0 Å². The molecular formula is C13H17N. The van der Waals surface area contributed by atoms with Crippen LogP contribution < -0.4 is 5.32 Å². The number of hydrogen-bond donors (Lipinski definition) is 1. The average molecular weight is 187 g/mol. The summed E-state index contributed by atoms with van der Waals surface area (Å²) < 4.78 is 0. The number of benzene rings is 1. The minimum absolute atomic E-state index is 0.763. The first-order valence-corrected chi connectivity index (χ1v) is 5.78. The molecule has 0 bridgehead atoms. The first kappa shape index (κ1) is 8.34. The maximum absolute atomic E-state index is 3.70. The van der Waals surface area contributed by atoms with Crippen LogP contribution in [0.4, 0.5) is 5.69 Å². The third kappa shape index (κ3) is 1.31. The van der Waals surface area contributed by atoms with Crippen molar-refractivity contribution >= 4 is 5.69 Å². The van der Waals surface area contributed by atoms with E-state index in [-0.39, 0.29) is 0 Å². The Bertz CT molecular complexity index is 299. The van der Waals surface area contributed by atoms with Crippen LogP contribution in [0.3, 0.4) is 0 Å². The molecule has 1 heterocycles. The summed E-state index contributed by atoms with van der Waals surface area (Å²) in [7, 11) is 0. The second kappa shape index (κ2) is 3.30. The van der Waals surface area contributed by atoms with Crippen LogP contribution in [0.15, 0.2) is 24.3 Å². The highest BCUT2D eigenvalue weighted by atomic mass is 14.9. The van der Waals surface area contributed by atoms with E-state index in [0.29, 0.717) is 0 Å². The van der Waals surface area contributed by atoms with Gasteiger partial charge in [-0.3, -0.25) is 0 Å². The molecule has 74 valence electrons. The number of anilines is 1. The first-order valence-electron chi connectivity index (χ1n) is 5.78. The maximum Gasteiger partial charge on any atom is 0.0375 e. The van der Waals surface area contributed by atoms with E-state index in [1.165, 1.54) is 43.4 Å². The van der Waals surface area contributed by atoms with Crippen molar-refractivity contribution in [2.75, 3.05) is 5.32 Å². The third-order valence-electron chi connectivity index (χ3n) is 3.75. The zero-order valence-corrected chi connectivity index (χ0v) is 8.50. The summed E-state index contributed by atoms with van der Waals surface area (Å²) in [5.41, 5.74) is 2.91. The van der Waals surface area contributed by atoms with Gasteiger partial charge in [-0.25, -0.2) is 0 Å². The van der Waals surface area contributed by atoms with Gasteiger partial charge in [-0.05, 0) is 36.8 Å². The zero-order valence-electron chi connectivity index (χ0n) is 8.50. The summed E-state index contributed by atoms with van der Waals surface area (Å²) in [6.45, 7) is 0. The summed E-state index contributed by atoms with van der Waals surface area (Å²) in [5, 5.41) is 3.70. The molecule has 0 aromatic heterocycles. The molecule has 1 heteroatoms. The highest BCUT2D eigenvalue weighted by molar-refractivity contribution is 5.54. The minimum atomic E-state index is 0.763. The quantitative estimate of drug-likeness (QED) is 0.657. The molecule has 0 saturated heterocycles. The summed E-state index contributed by atoms with van der Waals surface area (Å²) in [6, 6.07) is 9.55. The monoisotopic (exact) mass is 187 g/mol. The molecule has 1 aromatic rings. The van der Waals surface area contributed by atoms with E-state index in [4.69, 9.17) is 0 Å². The summed E-state index contributed by atoms with van der Waals surface area (Å²) in [5.74, 6) is 0.902. The molecule has 0 amide bonds. The number of rotatable bonds is 0. The van der Waals surface area contributed by atoms with E-state index in [1.54, 1.807) is 0 Å². The van der Waals surface area contributed by atoms with Crippen molar-refractivity contribution < 1.29 is 0 Å². The van der Waals surface area contributed by atoms with Crippen molar-refractivity contribution in [3.05, 3.63) is 29.8 Å².